The van der Waals surface area contributed by atoms with E-state index in [4.69, 9.17) is 0 Å². The highest BCUT2D eigenvalue weighted by Gasteiger charge is 2.05. The van der Waals surface area contributed by atoms with E-state index in [1.54, 1.807) is 27.7 Å². The minimum absolute atomic E-state index is 0.126. The molecule has 12 nitrogen and oxygen atoms in total. The molecule has 0 amide bonds. The first-order valence-corrected chi connectivity index (χ1v) is 15.5. The number of unbranched alkanes of at least 4 members (excludes halogenated alkanes) is 1. The topological polar surface area (TPSA) is 135 Å². The second-order valence-electron chi connectivity index (χ2n) is 7.55. The van der Waals surface area contributed by atoms with E-state index < -0.39 is 15.6 Å². The highest BCUT2D eigenvalue weighted by atomic mass is 31.2. The van der Waals surface area contributed by atoms with Crippen molar-refractivity contribution < 1.29 is 46.1 Å². The summed E-state index contributed by atoms with van der Waals surface area (Å²) in [5.41, 5.74) is 0. The molecule has 0 N–H and O–H groups in total. The lowest BCUT2D eigenvalue weighted by atomic mass is 10.3. The van der Waals surface area contributed by atoms with Crippen LogP contribution in [0.25, 0.3) is 0 Å². The van der Waals surface area contributed by atoms with Crippen molar-refractivity contribution in [2.45, 2.75) is 73.9 Å². The van der Waals surface area contributed by atoms with Crippen LogP contribution in [0.1, 0.15) is 60.8 Å². The number of aromatic nitrogens is 4. The van der Waals surface area contributed by atoms with E-state index in [0.29, 0.717) is 0 Å². The van der Waals surface area contributed by atoms with E-state index in [2.05, 4.69) is 87.7 Å². The Morgan fingerprint density at radius 1 is 0.649 bits per heavy atom. The molecule has 0 radical (unpaired) electrons. The third kappa shape index (κ3) is 23.5. The van der Waals surface area contributed by atoms with Crippen molar-refractivity contribution in [3.8, 4) is 0 Å². The molecule has 0 bridgehead atoms. The molecule has 0 aliphatic heterocycles. The largest absolute Gasteiger partial charge is 0.756 e. The van der Waals surface area contributed by atoms with Crippen LogP contribution in [-0.2, 0) is 54.4 Å². The molecule has 0 aliphatic carbocycles. The third-order valence-corrected chi connectivity index (χ3v) is 6.35. The Hall–Kier alpha value is -1.36. The normalized spacial score (nSPS) is 11.0. The van der Waals surface area contributed by atoms with E-state index >= 15 is 0 Å². The van der Waals surface area contributed by atoms with Crippen LogP contribution in [0.2, 0.25) is 0 Å². The van der Waals surface area contributed by atoms with Gasteiger partial charge in [0.1, 0.15) is 24.8 Å². The second kappa shape index (κ2) is 22.6. The summed E-state index contributed by atoms with van der Waals surface area (Å²) in [6.07, 6.45) is 16.2. The van der Waals surface area contributed by atoms with Gasteiger partial charge in [0, 0.05) is 0 Å². The molecule has 0 saturated heterocycles. The fourth-order valence-electron chi connectivity index (χ4n) is 2.57. The van der Waals surface area contributed by atoms with Gasteiger partial charge in [-0.3, -0.25) is 9.13 Å². The van der Waals surface area contributed by atoms with Gasteiger partial charge in [-0.2, -0.15) is 0 Å². The molecule has 2 rings (SSSR count). The number of imidazole rings is 2. The van der Waals surface area contributed by atoms with Crippen molar-refractivity contribution in [1.29, 1.82) is 0 Å². The van der Waals surface area contributed by atoms with Gasteiger partial charge in [-0.05, 0) is 40.5 Å². The van der Waals surface area contributed by atoms with Crippen LogP contribution < -0.4 is 18.9 Å². The van der Waals surface area contributed by atoms with E-state index in [1.165, 1.54) is 19.3 Å². The summed E-state index contributed by atoms with van der Waals surface area (Å²) in [7, 11) is -3.81. The molecule has 0 unspecified atom stereocenters. The van der Waals surface area contributed by atoms with E-state index in [0.717, 1.165) is 13.1 Å². The van der Waals surface area contributed by atoms with Crippen LogP contribution in [-0.4, -0.2) is 35.6 Å². The highest BCUT2D eigenvalue weighted by Crippen LogP contribution is 2.37. The maximum absolute atomic E-state index is 10.4. The molecule has 0 aliphatic rings. The van der Waals surface area contributed by atoms with Crippen LogP contribution in [0.15, 0.2) is 37.4 Å². The Bertz CT molecular complexity index is 844. The van der Waals surface area contributed by atoms with Crippen molar-refractivity contribution in [3.63, 3.8) is 0 Å². The Labute approximate surface area is 223 Å². The number of phosphoric ester groups is 2. The fourth-order valence-corrected chi connectivity index (χ4v) is 3.99. The Balaban J connectivity index is 0. The first-order valence-electron chi connectivity index (χ1n) is 12.6. The third-order valence-electron chi connectivity index (χ3n) is 4.05. The van der Waals surface area contributed by atoms with Crippen LogP contribution >= 0.6 is 15.6 Å². The highest BCUT2D eigenvalue weighted by molar-refractivity contribution is 7.46. The second-order valence-corrected chi connectivity index (χ2v) is 10.4. The number of rotatable bonds is 13. The summed E-state index contributed by atoms with van der Waals surface area (Å²) in [5.74, 6) is 0. The predicted octanol–water partition coefficient (Wildman–Crippen LogP) is 2.89. The zero-order chi connectivity index (χ0) is 28.7. The maximum atomic E-state index is 10.4. The lowest BCUT2D eigenvalue weighted by Crippen LogP contribution is -2.23. The molecule has 218 valence electrons. The first kappa shape index (κ1) is 37.8. The molecule has 2 aromatic rings. The molecule has 2 aromatic heterocycles. The van der Waals surface area contributed by atoms with E-state index in [-0.39, 0.29) is 26.4 Å². The Morgan fingerprint density at radius 2 is 1.00 bits per heavy atom. The zero-order valence-electron chi connectivity index (χ0n) is 23.8. The molecule has 0 spiro atoms. The lowest BCUT2D eigenvalue weighted by molar-refractivity contribution is -0.671. The van der Waals surface area contributed by atoms with Gasteiger partial charge < -0.3 is 27.9 Å². The van der Waals surface area contributed by atoms with Gasteiger partial charge in [-0.1, -0.05) is 20.3 Å². The van der Waals surface area contributed by atoms with Gasteiger partial charge in [-0.15, -0.1) is 0 Å². The molecular weight excluding hydrogens is 522 g/mol. The molecule has 37 heavy (non-hydrogen) atoms. The molecule has 0 fully saturated rings. The summed E-state index contributed by atoms with van der Waals surface area (Å²) in [6, 6.07) is 0. The van der Waals surface area contributed by atoms with Crippen molar-refractivity contribution in [3.05, 3.63) is 37.4 Å². The minimum atomic E-state index is -3.94. The first-order chi connectivity index (χ1) is 17.4. The van der Waals surface area contributed by atoms with Gasteiger partial charge >= 0.3 is 0 Å². The van der Waals surface area contributed by atoms with Crippen molar-refractivity contribution in [1.82, 2.24) is 9.13 Å². The fraction of sp³-hybridized carbons (Fsp3) is 0.739. The lowest BCUT2D eigenvalue weighted by Gasteiger charge is -2.20. The number of hydrogen-bond donors (Lipinski definition) is 0. The average Bonchev–Trinajstić information content (AvgIpc) is 3.41. The molecule has 14 heteroatoms. The Morgan fingerprint density at radius 3 is 1.24 bits per heavy atom. The van der Waals surface area contributed by atoms with Crippen LogP contribution in [0, 0.1) is 0 Å². The number of hydrogen-bond acceptors (Lipinski definition) is 8. The zero-order valence-corrected chi connectivity index (χ0v) is 25.6. The smallest absolute Gasteiger partial charge is 0.267 e. The monoisotopic (exact) mass is 570 g/mol. The van der Waals surface area contributed by atoms with E-state index in [1.807, 2.05) is 14.1 Å². The molecule has 0 atom stereocenters. The summed E-state index contributed by atoms with van der Waals surface area (Å²) in [6.45, 7) is 13.5. The van der Waals surface area contributed by atoms with Crippen LogP contribution in [0.5, 0.6) is 0 Å². The van der Waals surface area contributed by atoms with Gasteiger partial charge in [0.05, 0.1) is 53.6 Å². The number of aryl methyl sites for hydroxylation is 4. The molecular formula is C23H48N4O8P2. The molecule has 2 heterocycles. The predicted molar refractivity (Wildman–Crippen MR) is 138 cm³/mol. The summed E-state index contributed by atoms with van der Waals surface area (Å²) < 4.78 is 46.3. The van der Waals surface area contributed by atoms with Gasteiger partial charge in [0.2, 0.25) is 12.7 Å². The summed E-state index contributed by atoms with van der Waals surface area (Å²) >= 11 is 0. The molecule has 0 saturated carbocycles. The SMILES string of the molecule is CCCCn1cc[n+](C)c1.CCCn1cc[n+](C)c1.CCOP(=O)([O-])OCC.CCOP(=O)([O-])OCC. The number of nitrogens with zero attached hydrogens (tertiary/aromatic N) is 4. The van der Waals surface area contributed by atoms with Crippen LogP contribution in [0.3, 0.4) is 0 Å². The van der Waals surface area contributed by atoms with Crippen LogP contribution in [0.4, 0.5) is 0 Å². The number of phosphoric acid groups is 2. The van der Waals surface area contributed by atoms with Gasteiger partial charge in [0.15, 0.2) is 0 Å². The van der Waals surface area contributed by atoms with Crippen molar-refractivity contribution in [2.24, 2.45) is 14.1 Å². The average molecular weight is 571 g/mol. The Kier molecular flexibility index (Phi) is 23.1. The van der Waals surface area contributed by atoms with Crippen molar-refractivity contribution in [2.75, 3.05) is 26.4 Å². The maximum Gasteiger partial charge on any atom is 0.267 e. The molecule has 0 aromatic carbocycles. The summed E-state index contributed by atoms with van der Waals surface area (Å²) in [4.78, 5) is 20.8. The van der Waals surface area contributed by atoms with Crippen molar-refractivity contribution >= 4 is 15.6 Å². The minimum Gasteiger partial charge on any atom is -0.756 e. The standard InChI is InChI=1S/C8H15N2.C7H13N2.2C4H11O4P/c1-3-4-5-10-7-6-9(2)8-10;1-3-4-9-6-5-8(2)7-9;2*1-3-7-9(5,6)8-4-2/h6-8H,3-5H2,1-2H3;5-7H,3-4H2,1-2H3;2*3-4H2,1-2H3,(H,5,6)/q2*+1;;/p-2. The van der Waals surface area contributed by atoms with Gasteiger partial charge in [-0.25, -0.2) is 18.3 Å². The summed E-state index contributed by atoms with van der Waals surface area (Å²) in [5, 5.41) is 0. The quantitative estimate of drug-likeness (QED) is 0.265. The van der Waals surface area contributed by atoms with Gasteiger partial charge in [0.25, 0.3) is 15.6 Å². The van der Waals surface area contributed by atoms with E-state index in [9.17, 15) is 18.9 Å².